The van der Waals surface area contributed by atoms with Gasteiger partial charge < -0.3 is 10.4 Å². The van der Waals surface area contributed by atoms with Crippen LogP contribution in [0.3, 0.4) is 0 Å². The monoisotopic (exact) mass is 269 g/mol. The largest absolute Gasteiger partial charge is 0.388 e. The number of hydrogen-bond donors (Lipinski definition) is 2. The Bertz CT molecular complexity index is 430. The Morgan fingerprint density at radius 2 is 2.00 bits per heavy atom. The molecule has 1 saturated carbocycles. The van der Waals surface area contributed by atoms with Crippen molar-refractivity contribution in [3.8, 4) is 0 Å². The standard InChI is InChI=1S/C13H20ClN3O/c1-3-10-16-11(14)9(2)12(17-10)15-8-13(18)6-4-5-7-13/h18H,3-8H2,1-2H3,(H,15,16,17). The molecule has 0 atom stereocenters. The first-order valence-corrected chi connectivity index (χ1v) is 6.91. The van der Waals surface area contributed by atoms with Gasteiger partial charge in [0, 0.05) is 18.5 Å². The molecule has 0 aliphatic heterocycles. The van der Waals surface area contributed by atoms with E-state index in [0.29, 0.717) is 11.7 Å². The molecule has 1 aliphatic carbocycles. The van der Waals surface area contributed by atoms with Crippen LogP contribution in [-0.2, 0) is 6.42 Å². The molecule has 1 aliphatic rings. The fraction of sp³-hybridized carbons (Fsp3) is 0.692. The van der Waals surface area contributed by atoms with E-state index < -0.39 is 5.60 Å². The van der Waals surface area contributed by atoms with Crippen LogP contribution < -0.4 is 5.32 Å². The lowest BCUT2D eigenvalue weighted by atomic mass is 10.0. The van der Waals surface area contributed by atoms with Crippen molar-refractivity contribution in [1.29, 1.82) is 0 Å². The highest BCUT2D eigenvalue weighted by atomic mass is 35.5. The number of nitrogens with one attached hydrogen (secondary N) is 1. The van der Waals surface area contributed by atoms with Crippen molar-refractivity contribution < 1.29 is 5.11 Å². The molecule has 0 aromatic carbocycles. The smallest absolute Gasteiger partial charge is 0.137 e. The molecule has 1 aromatic rings. The Hall–Kier alpha value is -0.870. The molecule has 0 spiro atoms. The summed E-state index contributed by atoms with van der Waals surface area (Å²) >= 11 is 6.07. The molecule has 0 saturated heterocycles. The summed E-state index contributed by atoms with van der Waals surface area (Å²) in [7, 11) is 0. The van der Waals surface area contributed by atoms with Crippen LogP contribution in [0.2, 0.25) is 5.15 Å². The van der Waals surface area contributed by atoms with Gasteiger partial charge in [-0.2, -0.15) is 0 Å². The predicted octanol–water partition coefficient (Wildman–Crippen LogP) is 2.72. The summed E-state index contributed by atoms with van der Waals surface area (Å²) in [5.41, 5.74) is 0.256. The van der Waals surface area contributed by atoms with Gasteiger partial charge in [-0.25, -0.2) is 9.97 Å². The van der Waals surface area contributed by atoms with Gasteiger partial charge in [-0.1, -0.05) is 31.4 Å². The molecular formula is C13H20ClN3O. The fourth-order valence-electron chi connectivity index (χ4n) is 2.32. The van der Waals surface area contributed by atoms with Gasteiger partial charge in [0.25, 0.3) is 0 Å². The molecule has 5 heteroatoms. The number of hydrogen-bond acceptors (Lipinski definition) is 4. The first-order chi connectivity index (χ1) is 8.54. The van der Waals surface area contributed by atoms with E-state index in [1.165, 1.54) is 0 Å². The summed E-state index contributed by atoms with van der Waals surface area (Å²) in [4.78, 5) is 8.63. The highest BCUT2D eigenvalue weighted by Crippen LogP contribution is 2.30. The maximum Gasteiger partial charge on any atom is 0.137 e. The molecular weight excluding hydrogens is 250 g/mol. The summed E-state index contributed by atoms with van der Waals surface area (Å²) < 4.78 is 0. The minimum absolute atomic E-state index is 0.489. The molecule has 0 bridgehead atoms. The Balaban J connectivity index is 2.11. The average Bonchev–Trinajstić information content (AvgIpc) is 2.78. The zero-order valence-corrected chi connectivity index (χ0v) is 11.7. The minimum atomic E-state index is -0.587. The molecule has 18 heavy (non-hydrogen) atoms. The minimum Gasteiger partial charge on any atom is -0.388 e. The van der Waals surface area contributed by atoms with Crippen LogP contribution in [0.5, 0.6) is 0 Å². The third-order valence-corrected chi connectivity index (χ3v) is 3.94. The Morgan fingerprint density at radius 3 is 2.61 bits per heavy atom. The van der Waals surface area contributed by atoms with E-state index in [2.05, 4.69) is 15.3 Å². The first kappa shape index (κ1) is 13.6. The third-order valence-electron chi connectivity index (χ3n) is 3.57. The number of aliphatic hydroxyl groups is 1. The summed E-state index contributed by atoms with van der Waals surface area (Å²) in [6.07, 6.45) is 4.67. The van der Waals surface area contributed by atoms with E-state index in [4.69, 9.17) is 11.6 Å². The van der Waals surface area contributed by atoms with Crippen molar-refractivity contribution in [2.75, 3.05) is 11.9 Å². The van der Waals surface area contributed by atoms with Gasteiger partial charge in [0.1, 0.15) is 16.8 Å². The van der Waals surface area contributed by atoms with E-state index >= 15 is 0 Å². The van der Waals surface area contributed by atoms with Gasteiger partial charge in [0.15, 0.2) is 0 Å². The second-order valence-electron chi connectivity index (χ2n) is 5.04. The summed E-state index contributed by atoms with van der Waals surface area (Å²) in [5, 5.41) is 14.0. The molecule has 1 heterocycles. The lowest BCUT2D eigenvalue weighted by Crippen LogP contribution is -2.34. The van der Waals surface area contributed by atoms with Crippen molar-refractivity contribution in [3.63, 3.8) is 0 Å². The first-order valence-electron chi connectivity index (χ1n) is 6.53. The second-order valence-corrected chi connectivity index (χ2v) is 5.40. The van der Waals surface area contributed by atoms with Gasteiger partial charge in [0.05, 0.1) is 5.60 Å². The molecule has 4 nitrogen and oxygen atoms in total. The maximum atomic E-state index is 10.3. The van der Waals surface area contributed by atoms with Crippen LogP contribution in [0.25, 0.3) is 0 Å². The lowest BCUT2D eigenvalue weighted by Gasteiger charge is -2.23. The third kappa shape index (κ3) is 2.93. The van der Waals surface area contributed by atoms with Gasteiger partial charge in [-0.15, -0.1) is 0 Å². The summed E-state index contributed by atoms with van der Waals surface area (Å²) in [6.45, 7) is 4.42. The van der Waals surface area contributed by atoms with Gasteiger partial charge in [-0.05, 0) is 19.8 Å². The predicted molar refractivity (Wildman–Crippen MR) is 73.1 cm³/mol. The molecule has 100 valence electrons. The van der Waals surface area contributed by atoms with Crippen LogP contribution in [0.1, 0.15) is 44.0 Å². The van der Waals surface area contributed by atoms with Gasteiger partial charge >= 0.3 is 0 Å². The Labute approximate surface area is 113 Å². The highest BCUT2D eigenvalue weighted by Gasteiger charge is 2.31. The molecule has 1 aromatic heterocycles. The van der Waals surface area contributed by atoms with Crippen LogP contribution >= 0.6 is 11.6 Å². The number of nitrogens with zero attached hydrogens (tertiary/aromatic N) is 2. The molecule has 2 N–H and O–H groups in total. The normalized spacial score (nSPS) is 18.0. The van der Waals surface area contributed by atoms with E-state index in [1.807, 2.05) is 13.8 Å². The van der Waals surface area contributed by atoms with Crippen LogP contribution in [-0.4, -0.2) is 27.2 Å². The molecule has 1 fully saturated rings. The topological polar surface area (TPSA) is 58.0 Å². The average molecular weight is 270 g/mol. The number of aromatic nitrogens is 2. The van der Waals surface area contributed by atoms with Crippen molar-refractivity contribution in [1.82, 2.24) is 9.97 Å². The van der Waals surface area contributed by atoms with Gasteiger partial charge in [-0.3, -0.25) is 0 Å². The Kier molecular flexibility index (Phi) is 4.07. The maximum absolute atomic E-state index is 10.3. The van der Waals surface area contributed by atoms with Crippen LogP contribution in [0.15, 0.2) is 0 Å². The van der Waals surface area contributed by atoms with Crippen LogP contribution in [0, 0.1) is 6.92 Å². The van der Waals surface area contributed by atoms with E-state index in [1.54, 1.807) is 0 Å². The van der Waals surface area contributed by atoms with Crippen molar-refractivity contribution in [2.24, 2.45) is 0 Å². The van der Waals surface area contributed by atoms with E-state index in [-0.39, 0.29) is 0 Å². The highest BCUT2D eigenvalue weighted by molar-refractivity contribution is 6.30. The van der Waals surface area contributed by atoms with Gasteiger partial charge in [0.2, 0.25) is 0 Å². The summed E-state index contributed by atoms with van der Waals surface area (Å²) in [6, 6.07) is 0. The molecule has 0 amide bonds. The Morgan fingerprint density at radius 1 is 1.33 bits per heavy atom. The zero-order valence-electron chi connectivity index (χ0n) is 11.0. The number of rotatable bonds is 4. The number of aryl methyl sites for hydroxylation is 1. The van der Waals surface area contributed by atoms with E-state index in [9.17, 15) is 5.11 Å². The van der Waals surface area contributed by atoms with Crippen molar-refractivity contribution >= 4 is 17.4 Å². The number of halogens is 1. The molecule has 2 rings (SSSR count). The molecule has 0 unspecified atom stereocenters. The zero-order chi connectivity index (χ0) is 13.2. The van der Waals surface area contributed by atoms with E-state index in [0.717, 1.165) is 49.3 Å². The molecule has 0 radical (unpaired) electrons. The quantitative estimate of drug-likeness (QED) is 0.825. The number of anilines is 1. The fourth-order valence-corrected chi connectivity index (χ4v) is 2.51. The summed E-state index contributed by atoms with van der Waals surface area (Å²) in [5.74, 6) is 1.47. The van der Waals surface area contributed by atoms with Crippen LogP contribution in [0.4, 0.5) is 5.82 Å². The second kappa shape index (κ2) is 5.41. The van der Waals surface area contributed by atoms with Crippen molar-refractivity contribution in [2.45, 2.75) is 51.6 Å². The van der Waals surface area contributed by atoms with Crippen molar-refractivity contribution in [3.05, 3.63) is 16.5 Å². The SMILES string of the molecule is CCc1nc(Cl)c(C)c(NCC2(O)CCCC2)n1. The lowest BCUT2D eigenvalue weighted by molar-refractivity contribution is 0.0614.